The second kappa shape index (κ2) is 6.16. The Balaban J connectivity index is 2.20. The average molecular weight is 310 g/mol. The summed E-state index contributed by atoms with van der Waals surface area (Å²) in [6, 6.07) is 10.2. The van der Waals surface area contributed by atoms with Crippen LogP contribution in [0.4, 0.5) is 5.69 Å². The van der Waals surface area contributed by atoms with E-state index < -0.39 is 5.97 Å². The summed E-state index contributed by atoms with van der Waals surface area (Å²) in [6.07, 6.45) is 0. The molecule has 0 unspecified atom stereocenters. The normalized spacial score (nSPS) is 10.3. The molecule has 0 spiro atoms. The average Bonchev–Trinajstić information content (AvgIpc) is 2.41. The third-order valence-electron chi connectivity index (χ3n) is 2.96. The van der Waals surface area contributed by atoms with Crippen molar-refractivity contribution in [2.24, 2.45) is 0 Å². The second-order valence-electron chi connectivity index (χ2n) is 4.42. The van der Waals surface area contributed by atoms with Crippen LogP contribution in [0, 0.1) is 6.92 Å². The summed E-state index contributed by atoms with van der Waals surface area (Å²) >= 11 is 12.0. The zero-order valence-corrected chi connectivity index (χ0v) is 12.3. The van der Waals surface area contributed by atoms with E-state index in [9.17, 15) is 4.79 Å². The molecule has 0 heterocycles. The summed E-state index contributed by atoms with van der Waals surface area (Å²) in [7, 11) is 0. The van der Waals surface area contributed by atoms with Gasteiger partial charge >= 0.3 is 5.97 Å². The van der Waals surface area contributed by atoms with E-state index >= 15 is 0 Å². The standard InChI is InChI=1S/C15H13Cl2NO2/c1-9-2-3-10(15(19)20)7-14(9)18-8-11-6-12(16)4-5-13(11)17/h2-7,18H,8H2,1H3,(H,19,20). The van der Waals surface area contributed by atoms with Crippen molar-refractivity contribution in [2.75, 3.05) is 5.32 Å². The molecule has 0 atom stereocenters. The van der Waals surface area contributed by atoms with Gasteiger partial charge in [-0.15, -0.1) is 0 Å². The molecule has 0 saturated carbocycles. The van der Waals surface area contributed by atoms with E-state index in [1.165, 1.54) is 0 Å². The van der Waals surface area contributed by atoms with E-state index in [1.54, 1.807) is 36.4 Å². The van der Waals surface area contributed by atoms with Gasteiger partial charge in [-0.05, 0) is 48.4 Å². The fraction of sp³-hybridized carbons (Fsp3) is 0.133. The topological polar surface area (TPSA) is 49.3 Å². The van der Waals surface area contributed by atoms with Crippen LogP contribution in [-0.2, 0) is 6.54 Å². The highest BCUT2D eigenvalue weighted by Crippen LogP contribution is 2.23. The van der Waals surface area contributed by atoms with Crippen molar-refractivity contribution in [1.82, 2.24) is 0 Å². The number of benzene rings is 2. The number of carbonyl (C=O) groups is 1. The van der Waals surface area contributed by atoms with Crippen molar-refractivity contribution < 1.29 is 9.90 Å². The molecule has 2 N–H and O–H groups in total. The van der Waals surface area contributed by atoms with Gasteiger partial charge in [0.05, 0.1) is 5.56 Å². The van der Waals surface area contributed by atoms with E-state index in [-0.39, 0.29) is 5.56 Å². The highest BCUT2D eigenvalue weighted by Gasteiger charge is 2.07. The maximum Gasteiger partial charge on any atom is 0.335 e. The third kappa shape index (κ3) is 3.44. The van der Waals surface area contributed by atoms with Gasteiger partial charge in [0.2, 0.25) is 0 Å². The van der Waals surface area contributed by atoms with Crippen LogP contribution in [0.2, 0.25) is 10.0 Å². The molecule has 2 aromatic carbocycles. The number of carboxylic acids is 1. The van der Waals surface area contributed by atoms with Crippen LogP contribution in [0.25, 0.3) is 0 Å². The van der Waals surface area contributed by atoms with E-state index in [1.807, 2.05) is 6.92 Å². The Morgan fingerprint density at radius 1 is 1.20 bits per heavy atom. The minimum atomic E-state index is -0.950. The molecule has 20 heavy (non-hydrogen) atoms. The lowest BCUT2D eigenvalue weighted by atomic mass is 10.1. The van der Waals surface area contributed by atoms with Crippen LogP contribution in [0.5, 0.6) is 0 Å². The number of aryl methyl sites for hydroxylation is 1. The summed E-state index contributed by atoms with van der Waals surface area (Å²) in [6.45, 7) is 2.39. The molecular formula is C15H13Cl2NO2. The molecule has 2 rings (SSSR count). The van der Waals surface area contributed by atoms with Crippen molar-refractivity contribution in [3.63, 3.8) is 0 Å². The number of carboxylic acid groups (broad SMARTS) is 1. The molecule has 5 heteroatoms. The van der Waals surface area contributed by atoms with Crippen molar-refractivity contribution in [2.45, 2.75) is 13.5 Å². The monoisotopic (exact) mass is 309 g/mol. The number of hydrogen-bond acceptors (Lipinski definition) is 2. The first-order valence-corrected chi connectivity index (χ1v) is 6.74. The van der Waals surface area contributed by atoms with Gasteiger partial charge in [0.1, 0.15) is 0 Å². The Bertz CT molecular complexity index is 656. The number of aromatic carboxylic acids is 1. The van der Waals surface area contributed by atoms with Crippen LogP contribution >= 0.6 is 23.2 Å². The molecule has 3 nitrogen and oxygen atoms in total. The highest BCUT2D eigenvalue weighted by atomic mass is 35.5. The van der Waals surface area contributed by atoms with Crippen LogP contribution in [0.3, 0.4) is 0 Å². The first-order chi connectivity index (χ1) is 9.47. The van der Waals surface area contributed by atoms with Crippen molar-refractivity contribution in [3.8, 4) is 0 Å². The van der Waals surface area contributed by atoms with Gasteiger partial charge in [-0.1, -0.05) is 29.3 Å². The quantitative estimate of drug-likeness (QED) is 0.867. The second-order valence-corrected chi connectivity index (χ2v) is 5.27. The maximum absolute atomic E-state index is 11.0. The number of halogens is 2. The zero-order valence-electron chi connectivity index (χ0n) is 10.8. The summed E-state index contributed by atoms with van der Waals surface area (Å²) in [5.41, 5.74) is 2.84. The molecule has 0 aliphatic heterocycles. The smallest absolute Gasteiger partial charge is 0.335 e. The van der Waals surface area contributed by atoms with Crippen molar-refractivity contribution >= 4 is 34.9 Å². The molecule has 0 aliphatic carbocycles. The van der Waals surface area contributed by atoms with Gasteiger partial charge in [-0.25, -0.2) is 4.79 Å². The van der Waals surface area contributed by atoms with Crippen LogP contribution < -0.4 is 5.32 Å². The Morgan fingerprint density at radius 2 is 1.95 bits per heavy atom. The Hall–Kier alpha value is -1.71. The van der Waals surface area contributed by atoms with Gasteiger partial charge in [0, 0.05) is 22.3 Å². The van der Waals surface area contributed by atoms with E-state index in [2.05, 4.69) is 5.32 Å². The largest absolute Gasteiger partial charge is 0.478 e. The first kappa shape index (κ1) is 14.7. The van der Waals surface area contributed by atoms with Gasteiger partial charge in [0.15, 0.2) is 0 Å². The zero-order chi connectivity index (χ0) is 14.7. The Morgan fingerprint density at radius 3 is 2.65 bits per heavy atom. The molecule has 0 fully saturated rings. The molecule has 0 amide bonds. The molecule has 0 aromatic heterocycles. The highest BCUT2D eigenvalue weighted by molar-refractivity contribution is 6.33. The molecule has 0 aliphatic rings. The SMILES string of the molecule is Cc1ccc(C(=O)O)cc1NCc1cc(Cl)ccc1Cl. The van der Waals surface area contributed by atoms with E-state index in [4.69, 9.17) is 28.3 Å². The van der Waals surface area contributed by atoms with Crippen molar-refractivity contribution in [3.05, 3.63) is 63.1 Å². The lowest BCUT2D eigenvalue weighted by Crippen LogP contribution is -2.04. The Labute approximate surface area is 127 Å². The number of hydrogen-bond donors (Lipinski definition) is 2. The minimum absolute atomic E-state index is 0.246. The van der Waals surface area contributed by atoms with E-state index in [0.29, 0.717) is 16.6 Å². The van der Waals surface area contributed by atoms with Gasteiger partial charge in [-0.3, -0.25) is 0 Å². The van der Waals surface area contributed by atoms with Crippen LogP contribution in [-0.4, -0.2) is 11.1 Å². The molecular weight excluding hydrogens is 297 g/mol. The predicted octanol–water partition coefficient (Wildman–Crippen LogP) is 4.61. The van der Waals surface area contributed by atoms with Gasteiger partial charge in [-0.2, -0.15) is 0 Å². The van der Waals surface area contributed by atoms with E-state index in [0.717, 1.165) is 16.8 Å². The van der Waals surface area contributed by atoms with Gasteiger partial charge in [0.25, 0.3) is 0 Å². The lowest BCUT2D eigenvalue weighted by molar-refractivity contribution is 0.0697. The summed E-state index contributed by atoms with van der Waals surface area (Å²) < 4.78 is 0. The molecule has 0 radical (unpaired) electrons. The first-order valence-electron chi connectivity index (χ1n) is 5.99. The summed E-state index contributed by atoms with van der Waals surface area (Å²) in [5.74, 6) is -0.950. The Kier molecular flexibility index (Phi) is 4.53. The fourth-order valence-electron chi connectivity index (χ4n) is 1.81. The fourth-order valence-corrected chi connectivity index (χ4v) is 2.19. The third-order valence-corrected chi connectivity index (χ3v) is 3.57. The summed E-state index contributed by atoms with van der Waals surface area (Å²) in [5, 5.41) is 13.4. The predicted molar refractivity (Wildman–Crippen MR) is 81.9 cm³/mol. The van der Waals surface area contributed by atoms with Crippen LogP contribution in [0.1, 0.15) is 21.5 Å². The number of anilines is 1. The molecule has 0 bridgehead atoms. The number of nitrogens with one attached hydrogen (secondary N) is 1. The van der Waals surface area contributed by atoms with Crippen molar-refractivity contribution in [1.29, 1.82) is 0 Å². The molecule has 0 saturated heterocycles. The number of rotatable bonds is 4. The lowest BCUT2D eigenvalue weighted by Gasteiger charge is -2.12. The van der Waals surface area contributed by atoms with Gasteiger partial charge < -0.3 is 10.4 Å². The summed E-state index contributed by atoms with van der Waals surface area (Å²) in [4.78, 5) is 11.0. The maximum atomic E-state index is 11.0. The minimum Gasteiger partial charge on any atom is -0.478 e. The van der Waals surface area contributed by atoms with Crippen LogP contribution in [0.15, 0.2) is 36.4 Å². The molecule has 2 aromatic rings. The molecule has 104 valence electrons.